The van der Waals surface area contributed by atoms with Gasteiger partial charge in [0.2, 0.25) is 5.91 Å². The van der Waals surface area contributed by atoms with Gasteiger partial charge in [0.05, 0.1) is 12.2 Å². The number of carboxylic acids is 1. The van der Waals surface area contributed by atoms with Gasteiger partial charge in [-0.1, -0.05) is 6.92 Å². The number of piperidine rings is 1. The number of hydrogen-bond donors (Lipinski definition) is 1. The number of carboxylic acid groups (broad SMARTS) is 1. The fourth-order valence-electron chi connectivity index (χ4n) is 4.14. The lowest BCUT2D eigenvalue weighted by Crippen LogP contribution is -2.56. The lowest BCUT2D eigenvalue weighted by atomic mass is 9.87. The SMILES string of the molecule is CC[C@H](C(=O)N1CCC(C(=O)O)(n2cc(C)cn2)CC1)N1CCCC1. The number of hydrogen-bond acceptors (Lipinski definition) is 4. The largest absolute Gasteiger partial charge is 0.479 e. The summed E-state index contributed by atoms with van der Waals surface area (Å²) in [5.74, 6) is -0.714. The van der Waals surface area contributed by atoms with E-state index in [1.165, 1.54) is 0 Å². The molecule has 1 aromatic rings. The second-order valence-electron chi connectivity index (χ2n) is 7.29. The molecule has 138 valence electrons. The molecule has 3 rings (SSSR count). The average Bonchev–Trinajstić information content (AvgIpc) is 3.27. The smallest absolute Gasteiger partial charge is 0.331 e. The Labute approximate surface area is 148 Å². The molecular formula is C18H28N4O3. The fourth-order valence-corrected chi connectivity index (χ4v) is 4.14. The van der Waals surface area contributed by atoms with Crippen LogP contribution in [0.15, 0.2) is 12.4 Å². The number of aromatic nitrogens is 2. The first-order valence-electron chi connectivity index (χ1n) is 9.26. The predicted molar refractivity (Wildman–Crippen MR) is 93.3 cm³/mol. The zero-order valence-corrected chi connectivity index (χ0v) is 15.1. The standard InChI is InChI=1S/C18H28N4O3/c1-3-15(20-8-4-5-9-20)16(23)21-10-6-18(7-11-21,17(24)25)22-13-14(2)12-19-22/h12-13,15H,3-11H2,1-2H3,(H,24,25)/t15-/m1/s1. The number of aliphatic carboxylic acids is 1. The molecule has 25 heavy (non-hydrogen) atoms. The number of carbonyl (C=O) groups excluding carboxylic acids is 1. The van der Waals surface area contributed by atoms with E-state index in [0.717, 1.165) is 37.9 Å². The van der Waals surface area contributed by atoms with Crippen molar-refractivity contribution in [3.05, 3.63) is 18.0 Å². The third-order valence-corrected chi connectivity index (χ3v) is 5.70. The molecule has 2 fully saturated rings. The van der Waals surface area contributed by atoms with Gasteiger partial charge in [0.1, 0.15) is 0 Å². The minimum atomic E-state index is -1.04. The Balaban J connectivity index is 1.71. The van der Waals surface area contributed by atoms with Crippen LogP contribution in [0.1, 0.15) is 44.6 Å². The highest BCUT2D eigenvalue weighted by atomic mass is 16.4. The van der Waals surface area contributed by atoms with Crippen molar-refractivity contribution in [3.8, 4) is 0 Å². The van der Waals surface area contributed by atoms with Crippen LogP contribution in [0.5, 0.6) is 0 Å². The van der Waals surface area contributed by atoms with E-state index in [9.17, 15) is 14.7 Å². The van der Waals surface area contributed by atoms with Gasteiger partial charge in [-0.3, -0.25) is 14.4 Å². The van der Waals surface area contributed by atoms with Gasteiger partial charge >= 0.3 is 5.97 Å². The fraction of sp³-hybridized carbons (Fsp3) is 0.722. The molecule has 1 amide bonds. The van der Waals surface area contributed by atoms with Crippen LogP contribution in [0.2, 0.25) is 0 Å². The summed E-state index contributed by atoms with van der Waals surface area (Å²) in [7, 11) is 0. The minimum Gasteiger partial charge on any atom is -0.479 e. The molecule has 3 heterocycles. The van der Waals surface area contributed by atoms with Crippen LogP contribution in [-0.2, 0) is 15.1 Å². The van der Waals surface area contributed by atoms with Crippen LogP contribution in [0.25, 0.3) is 0 Å². The van der Waals surface area contributed by atoms with Crippen molar-refractivity contribution in [2.24, 2.45) is 0 Å². The zero-order valence-electron chi connectivity index (χ0n) is 15.1. The summed E-state index contributed by atoms with van der Waals surface area (Å²) in [6, 6.07) is -0.0632. The van der Waals surface area contributed by atoms with Gasteiger partial charge in [-0.05, 0) is 44.8 Å². The van der Waals surface area contributed by atoms with Crippen molar-refractivity contribution in [3.63, 3.8) is 0 Å². The molecule has 0 saturated carbocycles. The van der Waals surface area contributed by atoms with Crippen LogP contribution in [0.4, 0.5) is 0 Å². The summed E-state index contributed by atoms with van der Waals surface area (Å²) < 4.78 is 1.57. The van der Waals surface area contributed by atoms with Gasteiger partial charge in [-0.15, -0.1) is 0 Å². The second-order valence-corrected chi connectivity index (χ2v) is 7.29. The molecule has 7 nitrogen and oxygen atoms in total. The Kier molecular flexibility index (Phi) is 5.13. The number of likely N-dealkylation sites (tertiary alicyclic amines) is 2. The highest BCUT2D eigenvalue weighted by Crippen LogP contribution is 2.31. The molecule has 2 aliphatic rings. The Morgan fingerprint density at radius 2 is 1.88 bits per heavy atom. The van der Waals surface area contributed by atoms with E-state index in [0.29, 0.717) is 25.9 Å². The average molecular weight is 348 g/mol. The lowest BCUT2D eigenvalue weighted by molar-refractivity contribution is -0.154. The lowest BCUT2D eigenvalue weighted by Gasteiger charge is -2.41. The summed E-state index contributed by atoms with van der Waals surface area (Å²) >= 11 is 0. The Morgan fingerprint density at radius 3 is 2.36 bits per heavy atom. The number of rotatable bonds is 5. The predicted octanol–water partition coefficient (Wildman–Crippen LogP) is 1.47. The van der Waals surface area contributed by atoms with Crippen molar-refractivity contribution in [1.82, 2.24) is 19.6 Å². The molecule has 0 bridgehead atoms. The number of carbonyl (C=O) groups is 2. The first-order valence-corrected chi connectivity index (χ1v) is 9.26. The topological polar surface area (TPSA) is 78.7 Å². The normalized spacial score (nSPS) is 22.1. The van der Waals surface area contributed by atoms with E-state index in [-0.39, 0.29) is 11.9 Å². The highest BCUT2D eigenvalue weighted by Gasteiger charge is 2.45. The highest BCUT2D eigenvalue weighted by molar-refractivity contribution is 5.83. The van der Waals surface area contributed by atoms with E-state index >= 15 is 0 Å². The van der Waals surface area contributed by atoms with Crippen molar-refractivity contribution in [1.29, 1.82) is 0 Å². The minimum absolute atomic E-state index is 0.0632. The Morgan fingerprint density at radius 1 is 1.24 bits per heavy atom. The van der Waals surface area contributed by atoms with E-state index in [4.69, 9.17) is 0 Å². The zero-order chi connectivity index (χ0) is 18.0. The van der Waals surface area contributed by atoms with Crippen LogP contribution < -0.4 is 0 Å². The van der Waals surface area contributed by atoms with E-state index in [1.54, 1.807) is 17.1 Å². The van der Waals surface area contributed by atoms with Crippen LogP contribution in [-0.4, -0.2) is 68.8 Å². The third-order valence-electron chi connectivity index (χ3n) is 5.70. The summed E-state index contributed by atoms with van der Waals surface area (Å²) in [6.07, 6.45) is 7.37. The molecule has 0 aliphatic carbocycles. The van der Waals surface area contributed by atoms with Crippen LogP contribution >= 0.6 is 0 Å². The Hall–Kier alpha value is -1.89. The maximum atomic E-state index is 13.0. The number of nitrogens with zero attached hydrogens (tertiary/aromatic N) is 4. The van der Waals surface area contributed by atoms with Crippen molar-refractivity contribution < 1.29 is 14.7 Å². The van der Waals surface area contributed by atoms with Crippen molar-refractivity contribution >= 4 is 11.9 Å². The Bertz CT molecular complexity index is 628. The summed E-state index contributed by atoms with van der Waals surface area (Å²) in [6.45, 7) is 6.87. The molecule has 0 aromatic carbocycles. The summed E-state index contributed by atoms with van der Waals surface area (Å²) in [5, 5.41) is 14.1. The van der Waals surface area contributed by atoms with Crippen LogP contribution in [0, 0.1) is 6.92 Å². The molecule has 1 aromatic heterocycles. The van der Waals surface area contributed by atoms with Gasteiger partial charge in [0.25, 0.3) is 0 Å². The molecule has 2 aliphatic heterocycles. The van der Waals surface area contributed by atoms with Gasteiger partial charge in [0, 0.05) is 32.1 Å². The molecule has 7 heteroatoms. The second kappa shape index (κ2) is 7.15. The maximum Gasteiger partial charge on any atom is 0.331 e. The number of amides is 1. The monoisotopic (exact) mass is 348 g/mol. The molecule has 1 N–H and O–H groups in total. The van der Waals surface area contributed by atoms with Gasteiger partial charge in [-0.25, -0.2) is 4.79 Å². The van der Waals surface area contributed by atoms with Gasteiger partial charge in [-0.2, -0.15) is 5.10 Å². The summed E-state index contributed by atoms with van der Waals surface area (Å²) in [4.78, 5) is 29.1. The molecular weight excluding hydrogens is 320 g/mol. The van der Waals surface area contributed by atoms with Gasteiger partial charge in [0.15, 0.2) is 5.54 Å². The third kappa shape index (κ3) is 3.29. The number of aryl methyl sites for hydroxylation is 1. The molecule has 2 saturated heterocycles. The van der Waals surface area contributed by atoms with E-state index < -0.39 is 11.5 Å². The first kappa shape index (κ1) is 17.9. The molecule has 0 radical (unpaired) electrons. The van der Waals surface area contributed by atoms with Gasteiger partial charge < -0.3 is 10.0 Å². The molecule has 0 spiro atoms. The van der Waals surface area contributed by atoms with E-state index in [1.807, 2.05) is 11.8 Å². The maximum absolute atomic E-state index is 13.0. The van der Waals surface area contributed by atoms with Crippen molar-refractivity contribution in [2.45, 2.75) is 57.5 Å². The van der Waals surface area contributed by atoms with Crippen molar-refractivity contribution in [2.75, 3.05) is 26.2 Å². The molecule has 1 atom stereocenters. The van der Waals surface area contributed by atoms with E-state index in [2.05, 4.69) is 16.9 Å². The van der Waals surface area contributed by atoms with Crippen LogP contribution in [0.3, 0.4) is 0 Å². The first-order chi connectivity index (χ1) is 12.0. The molecule has 0 unspecified atom stereocenters. The quantitative estimate of drug-likeness (QED) is 0.872. The summed E-state index contributed by atoms with van der Waals surface area (Å²) in [5.41, 5.74) is -0.0976.